The molecule has 1 heterocycles. The number of methoxy groups -OCH3 is 2. The van der Waals surface area contributed by atoms with Crippen LogP contribution < -0.4 is 14.8 Å². The highest BCUT2D eigenvalue weighted by molar-refractivity contribution is 5.95. The molecule has 2 aliphatic carbocycles. The zero-order chi connectivity index (χ0) is 19.4. The van der Waals surface area contributed by atoms with E-state index in [1.165, 1.54) is 24.8 Å². The summed E-state index contributed by atoms with van der Waals surface area (Å²) in [5.74, 6) is 2.78. The van der Waals surface area contributed by atoms with Gasteiger partial charge in [0.1, 0.15) is 0 Å². The standard InChI is InChI=1S/C23H25NO4/c1-27-17-9-8-14(11-18(17)28-2)21-20-13-7-6-12(10-13)19(20)15-4-3-5-16(23(25)26)22(15)24-21/h3-5,8-9,11-13,19-21,24H,6-7,10H2,1-2H3,(H,25,26)/t12-,13-,19-,20-,21-/m0/s1. The first-order valence-corrected chi connectivity index (χ1v) is 9.97. The molecule has 0 amide bonds. The molecule has 28 heavy (non-hydrogen) atoms. The zero-order valence-corrected chi connectivity index (χ0v) is 16.1. The third kappa shape index (κ3) is 2.42. The molecule has 5 atom stereocenters. The maximum atomic E-state index is 11.9. The van der Waals surface area contributed by atoms with Crippen LogP contribution in [0.1, 0.15) is 52.7 Å². The first kappa shape index (κ1) is 17.4. The second kappa shape index (κ2) is 6.43. The molecule has 5 heteroatoms. The van der Waals surface area contributed by atoms with E-state index in [1.807, 2.05) is 18.2 Å². The van der Waals surface area contributed by atoms with Crippen molar-refractivity contribution in [3.63, 3.8) is 0 Å². The third-order valence-corrected chi connectivity index (χ3v) is 7.12. The smallest absolute Gasteiger partial charge is 0.337 e. The Balaban J connectivity index is 1.65. The summed E-state index contributed by atoms with van der Waals surface area (Å²) in [5, 5.41) is 13.4. The third-order valence-electron chi connectivity index (χ3n) is 7.12. The number of hydrogen-bond acceptors (Lipinski definition) is 4. The molecule has 2 saturated carbocycles. The van der Waals surface area contributed by atoms with Crippen LogP contribution in [0.5, 0.6) is 11.5 Å². The Hall–Kier alpha value is -2.69. The van der Waals surface area contributed by atoms with Crippen LogP contribution in [0.3, 0.4) is 0 Å². The maximum absolute atomic E-state index is 11.9. The molecule has 0 unspecified atom stereocenters. The summed E-state index contributed by atoms with van der Waals surface area (Å²) < 4.78 is 10.9. The Morgan fingerprint density at radius 3 is 2.61 bits per heavy atom. The molecule has 2 aromatic rings. The SMILES string of the molecule is COc1ccc([C@@H]2Nc3c(C(=O)O)cccc3[C@@H]3[C@H]4CC[C@@H](C4)[C@@H]32)cc1OC. The van der Waals surface area contributed by atoms with E-state index in [0.29, 0.717) is 40.7 Å². The molecule has 5 rings (SSSR count). The fraction of sp³-hybridized carbons (Fsp3) is 0.435. The summed E-state index contributed by atoms with van der Waals surface area (Å²) in [6.45, 7) is 0. The minimum Gasteiger partial charge on any atom is -0.493 e. The van der Waals surface area contributed by atoms with Crippen LogP contribution in [0.2, 0.25) is 0 Å². The summed E-state index contributed by atoms with van der Waals surface area (Å²) in [4.78, 5) is 11.9. The van der Waals surface area contributed by atoms with E-state index in [-0.39, 0.29) is 6.04 Å². The van der Waals surface area contributed by atoms with Crippen molar-refractivity contribution in [3.8, 4) is 11.5 Å². The molecule has 5 nitrogen and oxygen atoms in total. The Morgan fingerprint density at radius 1 is 1.07 bits per heavy atom. The number of carboxylic acids is 1. The number of ether oxygens (including phenoxy) is 2. The van der Waals surface area contributed by atoms with Gasteiger partial charge in [0.25, 0.3) is 0 Å². The number of fused-ring (bicyclic) bond motifs is 7. The number of carboxylic acid groups (broad SMARTS) is 1. The number of anilines is 1. The number of carbonyl (C=O) groups is 1. The highest BCUT2D eigenvalue weighted by Gasteiger charge is 2.54. The highest BCUT2D eigenvalue weighted by atomic mass is 16.5. The van der Waals surface area contributed by atoms with Crippen LogP contribution in [-0.4, -0.2) is 25.3 Å². The predicted octanol–water partition coefficient (Wildman–Crippen LogP) is 4.70. The van der Waals surface area contributed by atoms with Gasteiger partial charge in [0.2, 0.25) is 0 Å². The highest BCUT2D eigenvalue weighted by Crippen LogP contribution is 2.64. The van der Waals surface area contributed by atoms with Crippen molar-refractivity contribution in [3.05, 3.63) is 53.1 Å². The molecule has 2 bridgehead atoms. The normalized spacial score (nSPS) is 29.6. The second-order valence-electron chi connectivity index (χ2n) is 8.25. The molecule has 1 aliphatic heterocycles. The number of aromatic carboxylic acids is 1. The lowest BCUT2D eigenvalue weighted by molar-refractivity contribution is 0.0697. The molecular weight excluding hydrogens is 354 g/mol. The summed E-state index contributed by atoms with van der Waals surface area (Å²) in [7, 11) is 3.28. The topological polar surface area (TPSA) is 67.8 Å². The molecule has 0 spiro atoms. The van der Waals surface area contributed by atoms with E-state index in [0.717, 1.165) is 11.3 Å². The fourth-order valence-electron chi connectivity index (χ4n) is 6.07. The minimum absolute atomic E-state index is 0.0770. The van der Waals surface area contributed by atoms with Gasteiger partial charge >= 0.3 is 5.97 Å². The molecule has 3 aliphatic rings. The van der Waals surface area contributed by atoms with E-state index in [9.17, 15) is 9.90 Å². The van der Waals surface area contributed by atoms with Crippen LogP contribution in [0.25, 0.3) is 0 Å². The second-order valence-corrected chi connectivity index (χ2v) is 8.25. The van der Waals surface area contributed by atoms with E-state index in [2.05, 4.69) is 17.4 Å². The van der Waals surface area contributed by atoms with Crippen molar-refractivity contribution >= 4 is 11.7 Å². The average Bonchev–Trinajstić information content (AvgIpc) is 3.34. The van der Waals surface area contributed by atoms with Crippen molar-refractivity contribution in [2.24, 2.45) is 17.8 Å². The molecular formula is C23H25NO4. The lowest BCUT2D eigenvalue weighted by atomic mass is 9.67. The zero-order valence-electron chi connectivity index (χ0n) is 16.1. The summed E-state index contributed by atoms with van der Waals surface area (Å²) in [6, 6.07) is 11.9. The number of benzene rings is 2. The molecule has 2 aromatic carbocycles. The van der Waals surface area contributed by atoms with Crippen LogP contribution in [0.15, 0.2) is 36.4 Å². The summed E-state index contributed by atoms with van der Waals surface area (Å²) in [5.41, 5.74) is 3.48. The molecule has 0 aromatic heterocycles. The largest absolute Gasteiger partial charge is 0.493 e. The molecule has 0 radical (unpaired) electrons. The van der Waals surface area contributed by atoms with Gasteiger partial charge in [-0.2, -0.15) is 0 Å². The summed E-state index contributed by atoms with van der Waals surface area (Å²) in [6.07, 6.45) is 3.77. The van der Waals surface area contributed by atoms with E-state index >= 15 is 0 Å². The number of nitrogens with one attached hydrogen (secondary N) is 1. The summed E-state index contributed by atoms with van der Waals surface area (Å²) >= 11 is 0. The van der Waals surface area contributed by atoms with Crippen molar-refractivity contribution in [1.29, 1.82) is 0 Å². The number of hydrogen-bond donors (Lipinski definition) is 2. The fourth-order valence-corrected chi connectivity index (χ4v) is 6.07. The molecule has 146 valence electrons. The van der Waals surface area contributed by atoms with Gasteiger partial charge in [0.15, 0.2) is 11.5 Å². The Bertz CT molecular complexity index is 940. The van der Waals surface area contributed by atoms with E-state index in [4.69, 9.17) is 9.47 Å². The van der Waals surface area contributed by atoms with E-state index < -0.39 is 5.97 Å². The quantitative estimate of drug-likeness (QED) is 0.806. The lowest BCUT2D eigenvalue weighted by Crippen LogP contribution is -2.36. The van der Waals surface area contributed by atoms with Crippen molar-refractivity contribution < 1.29 is 19.4 Å². The van der Waals surface area contributed by atoms with Gasteiger partial charge in [-0.15, -0.1) is 0 Å². The van der Waals surface area contributed by atoms with Gasteiger partial charge in [0, 0.05) is 0 Å². The van der Waals surface area contributed by atoms with Crippen LogP contribution in [0, 0.1) is 17.8 Å². The van der Waals surface area contributed by atoms with Gasteiger partial charge in [0.05, 0.1) is 31.5 Å². The molecule has 2 fully saturated rings. The van der Waals surface area contributed by atoms with Crippen molar-refractivity contribution in [2.75, 3.05) is 19.5 Å². The van der Waals surface area contributed by atoms with Crippen molar-refractivity contribution in [2.45, 2.75) is 31.2 Å². The van der Waals surface area contributed by atoms with Gasteiger partial charge in [-0.1, -0.05) is 18.2 Å². The van der Waals surface area contributed by atoms with Gasteiger partial charge in [-0.05, 0) is 72.3 Å². The van der Waals surface area contributed by atoms with Crippen LogP contribution in [-0.2, 0) is 0 Å². The van der Waals surface area contributed by atoms with Gasteiger partial charge in [-0.25, -0.2) is 4.79 Å². The predicted molar refractivity (Wildman–Crippen MR) is 106 cm³/mol. The van der Waals surface area contributed by atoms with Gasteiger partial charge in [-0.3, -0.25) is 0 Å². The Labute approximate surface area is 164 Å². The Kier molecular flexibility index (Phi) is 4.00. The minimum atomic E-state index is -0.878. The van der Waals surface area contributed by atoms with Gasteiger partial charge < -0.3 is 19.9 Å². The van der Waals surface area contributed by atoms with Crippen LogP contribution >= 0.6 is 0 Å². The molecule has 2 N–H and O–H groups in total. The monoisotopic (exact) mass is 379 g/mol. The molecule has 0 saturated heterocycles. The van der Waals surface area contributed by atoms with Crippen molar-refractivity contribution in [1.82, 2.24) is 0 Å². The number of para-hydroxylation sites is 1. The first-order valence-electron chi connectivity index (χ1n) is 9.97. The first-order chi connectivity index (χ1) is 13.6. The maximum Gasteiger partial charge on any atom is 0.337 e. The lowest BCUT2D eigenvalue weighted by Gasteiger charge is -2.44. The van der Waals surface area contributed by atoms with E-state index in [1.54, 1.807) is 20.3 Å². The van der Waals surface area contributed by atoms with Crippen LogP contribution in [0.4, 0.5) is 5.69 Å². The Morgan fingerprint density at radius 2 is 1.86 bits per heavy atom. The average molecular weight is 379 g/mol. The number of rotatable bonds is 4.